The third-order valence-corrected chi connectivity index (χ3v) is 5.51. The molecule has 0 saturated carbocycles. The average Bonchev–Trinajstić information content (AvgIpc) is 2.45. The van der Waals surface area contributed by atoms with E-state index in [0.717, 1.165) is 5.56 Å². The predicted octanol–water partition coefficient (Wildman–Crippen LogP) is 2.77. The Morgan fingerprint density at radius 1 is 1.19 bits per heavy atom. The number of aliphatic hydroxyl groups excluding tert-OH is 1. The summed E-state index contributed by atoms with van der Waals surface area (Å²) < 4.78 is 27.9. The van der Waals surface area contributed by atoms with Crippen molar-refractivity contribution in [2.45, 2.75) is 17.9 Å². The summed E-state index contributed by atoms with van der Waals surface area (Å²) >= 11 is 3.27. The molecule has 0 fully saturated rings. The third kappa shape index (κ3) is 3.91. The summed E-state index contributed by atoms with van der Waals surface area (Å²) in [6, 6.07) is 13.3. The van der Waals surface area contributed by atoms with Gasteiger partial charge in [0.05, 0.1) is 17.5 Å². The van der Waals surface area contributed by atoms with E-state index in [1.807, 2.05) is 13.0 Å². The molecule has 0 aliphatic carbocycles. The number of nitrogens with one attached hydrogen (secondary N) is 1. The first kappa shape index (κ1) is 16.2. The van der Waals surface area contributed by atoms with E-state index in [-0.39, 0.29) is 11.5 Å². The summed E-state index contributed by atoms with van der Waals surface area (Å²) in [5.74, 6) is 0. The molecule has 2 aromatic rings. The lowest BCUT2D eigenvalue weighted by Crippen LogP contribution is -2.31. The highest BCUT2D eigenvalue weighted by atomic mass is 79.9. The molecule has 0 aromatic heterocycles. The molecule has 21 heavy (non-hydrogen) atoms. The lowest BCUT2D eigenvalue weighted by Gasteiger charge is -2.17. The van der Waals surface area contributed by atoms with E-state index in [1.54, 1.807) is 42.5 Å². The fourth-order valence-corrected chi connectivity index (χ4v) is 4.38. The Morgan fingerprint density at radius 2 is 1.86 bits per heavy atom. The van der Waals surface area contributed by atoms with Crippen LogP contribution in [0.2, 0.25) is 0 Å². The quantitative estimate of drug-likeness (QED) is 0.851. The van der Waals surface area contributed by atoms with Crippen molar-refractivity contribution in [3.63, 3.8) is 0 Å². The van der Waals surface area contributed by atoms with Gasteiger partial charge in [-0.1, -0.05) is 36.4 Å². The number of rotatable bonds is 5. The van der Waals surface area contributed by atoms with Crippen LogP contribution in [0.5, 0.6) is 0 Å². The van der Waals surface area contributed by atoms with Gasteiger partial charge in [0.1, 0.15) is 0 Å². The number of hydrogen-bond donors (Lipinski definition) is 2. The van der Waals surface area contributed by atoms with Crippen LogP contribution in [0.1, 0.15) is 17.2 Å². The predicted molar refractivity (Wildman–Crippen MR) is 85.5 cm³/mol. The highest BCUT2D eigenvalue weighted by molar-refractivity contribution is 9.10. The fraction of sp³-hybridized carbons (Fsp3) is 0.200. The zero-order valence-corrected chi connectivity index (χ0v) is 13.9. The summed E-state index contributed by atoms with van der Waals surface area (Å²) in [6.07, 6.45) is 0. The van der Waals surface area contributed by atoms with Gasteiger partial charge < -0.3 is 5.11 Å². The molecule has 0 amide bonds. The Hall–Kier alpha value is -1.21. The molecule has 2 rings (SSSR count). The Morgan fingerprint density at radius 3 is 2.43 bits per heavy atom. The van der Waals surface area contributed by atoms with E-state index in [1.165, 1.54) is 0 Å². The molecule has 2 N–H and O–H groups in total. The monoisotopic (exact) mass is 369 g/mol. The molecule has 0 spiro atoms. The molecular weight excluding hydrogens is 354 g/mol. The zero-order valence-electron chi connectivity index (χ0n) is 11.5. The van der Waals surface area contributed by atoms with Crippen LogP contribution in [0.15, 0.2) is 57.9 Å². The zero-order chi connectivity index (χ0) is 15.5. The average molecular weight is 370 g/mol. The normalized spacial score (nSPS) is 13.1. The van der Waals surface area contributed by atoms with Crippen LogP contribution in [0, 0.1) is 6.92 Å². The van der Waals surface area contributed by atoms with E-state index in [0.29, 0.717) is 10.0 Å². The van der Waals surface area contributed by atoms with E-state index in [9.17, 15) is 13.5 Å². The maximum atomic E-state index is 12.5. The van der Waals surface area contributed by atoms with Crippen molar-refractivity contribution in [2.75, 3.05) is 6.61 Å². The van der Waals surface area contributed by atoms with Crippen LogP contribution in [0.4, 0.5) is 0 Å². The van der Waals surface area contributed by atoms with E-state index in [4.69, 9.17) is 0 Å². The highest BCUT2D eigenvalue weighted by Crippen LogP contribution is 2.24. The van der Waals surface area contributed by atoms with Crippen molar-refractivity contribution >= 4 is 26.0 Å². The lowest BCUT2D eigenvalue weighted by atomic mass is 10.1. The minimum Gasteiger partial charge on any atom is -0.394 e. The van der Waals surface area contributed by atoms with Crippen LogP contribution in [-0.4, -0.2) is 20.1 Å². The molecule has 1 atom stereocenters. The molecule has 0 bridgehead atoms. The van der Waals surface area contributed by atoms with Crippen molar-refractivity contribution in [2.24, 2.45) is 0 Å². The number of aryl methyl sites for hydroxylation is 1. The van der Waals surface area contributed by atoms with Gasteiger partial charge in [0, 0.05) is 4.47 Å². The summed E-state index contributed by atoms with van der Waals surface area (Å²) in [7, 11) is -3.72. The van der Waals surface area contributed by atoms with Crippen molar-refractivity contribution in [3.05, 3.63) is 64.1 Å². The van der Waals surface area contributed by atoms with Crippen molar-refractivity contribution in [1.29, 1.82) is 0 Å². The number of halogens is 1. The first-order valence-electron chi connectivity index (χ1n) is 6.38. The summed E-state index contributed by atoms with van der Waals surface area (Å²) in [6.45, 7) is 1.57. The Balaban J connectivity index is 2.32. The molecule has 4 nitrogen and oxygen atoms in total. The standard InChI is InChI=1S/C15H16BrNO3S/c1-11-7-8-15(13(16)9-11)21(19,20)17-14(10-18)12-5-3-2-4-6-12/h2-9,14,17-18H,10H2,1H3/t14-/m1/s1. The summed E-state index contributed by atoms with van der Waals surface area (Å²) in [4.78, 5) is 0.155. The molecule has 0 radical (unpaired) electrons. The molecule has 0 saturated heterocycles. The van der Waals surface area contributed by atoms with Crippen molar-refractivity contribution in [3.8, 4) is 0 Å². The van der Waals surface area contributed by atoms with Crippen molar-refractivity contribution in [1.82, 2.24) is 4.72 Å². The highest BCUT2D eigenvalue weighted by Gasteiger charge is 2.22. The van der Waals surface area contributed by atoms with E-state index >= 15 is 0 Å². The largest absolute Gasteiger partial charge is 0.394 e. The Kier molecular flexibility index (Phi) is 5.16. The number of aliphatic hydroxyl groups is 1. The first-order chi connectivity index (χ1) is 9.94. The smallest absolute Gasteiger partial charge is 0.242 e. The van der Waals surface area contributed by atoms with Gasteiger partial charge in [0.2, 0.25) is 10.0 Å². The summed E-state index contributed by atoms with van der Waals surface area (Å²) in [5, 5.41) is 9.46. The van der Waals surface area contributed by atoms with E-state index in [2.05, 4.69) is 20.7 Å². The third-order valence-electron chi connectivity index (χ3n) is 3.06. The topological polar surface area (TPSA) is 66.4 Å². The van der Waals surface area contributed by atoms with Gasteiger partial charge in [-0.25, -0.2) is 13.1 Å². The van der Waals surface area contributed by atoms with Gasteiger partial charge >= 0.3 is 0 Å². The van der Waals surface area contributed by atoms with Crippen molar-refractivity contribution < 1.29 is 13.5 Å². The minimum atomic E-state index is -3.72. The maximum Gasteiger partial charge on any atom is 0.242 e. The molecule has 0 aliphatic heterocycles. The lowest BCUT2D eigenvalue weighted by molar-refractivity contribution is 0.259. The molecule has 112 valence electrons. The molecule has 6 heteroatoms. The molecular formula is C15H16BrNO3S. The fourth-order valence-electron chi connectivity index (χ4n) is 1.97. The van der Waals surface area contributed by atoms with Crippen LogP contribution >= 0.6 is 15.9 Å². The van der Waals surface area contributed by atoms with Gasteiger partial charge in [0.15, 0.2) is 0 Å². The van der Waals surface area contributed by atoms with Crippen LogP contribution in [-0.2, 0) is 10.0 Å². The number of benzene rings is 2. The maximum absolute atomic E-state index is 12.5. The summed E-state index contributed by atoms with van der Waals surface area (Å²) in [5.41, 5.74) is 1.68. The van der Waals surface area contributed by atoms with Crippen LogP contribution < -0.4 is 4.72 Å². The van der Waals surface area contributed by atoms with Gasteiger partial charge in [-0.05, 0) is 46.1 Å². The number of sulfonamides is 1. The SMILES string of the molecule is Cc1ccc(S(=O)(=O)N[C@H](CO)c2ccccc2)c(Br)c1. The van der Waals surface area contributed by atoms with Gasteiger partial charge in [0.25, 0.3) is 0 Å². The van der Waals surface area contributed by atoms with E-state index < -0.39 is 16.1 Å². The molecule has 0 aliphatic rings. The molecule has 0 unspecified atom stereocenters. The Labute approximate surface area is 133 Å². The molecule has 0 heterocycles. The minimum absolute atomic E-state index is 0.155. The second-order valence-corrected chi connectivity index (χ2v) is 7.24. The number of hydrogen-bond acceptors (Lipinski definition) is 3. The van der Waals surface area contributed by atoms with Gasteiger partial charge in [-0.2, -0.15) is 0 Å². The van der Waals surface area contributed by atoms with Crippen LogP contribution in [0.25, 0.3) is 0 Å². The second kappa shape index (κ2) is 6.70. The van der Waals surface area contributed by atoms with Gasteiger partial charge in [-0.15, -0.1) is 0 Å². The molecule has 2 aromatic carbocycles. The Bertz CT molecular complexity index is 717. The van der Waals surface area contributed by atoms with Crippen LogP contribution in [0.3, 0.4) is 0 Å². The first-order valence-corrected chi connectivity index (χ1v) is 8.66. The van der Waals surface area contributed by atoms with Gasteiger partial charge in [-0.3, -0.25) is 0 Å². The second-order valence-electron chi connectivity index (χ2n) is 4.70.